The SMILES string of the molecule is CCOC(=O)C12CC3c4ccccc4CC[C@@]3(O1)N(C)C2=O. The summed E-state index contributed by atoms with van der Waals surface area (Å²) >= 11 is 0. The second kappa shape index (κ2) is 4.32. The molecule has 1 aliphatic carbocycles. The quantitative estimate of drug-likeness (QED) is 0.615. The second-order valence-corrected chi connectivity index (χ2v) is 6.31. The summed E-state index contributed by atoms with van der Waals surface area (Å²) in [6, 6.07) is 8.23. The van der Waals surface area contributed by atoms with Gasteiger partial charge in [0.05, 0.1) is 6.61 Å². The largest absolute Gasteiger partial charge is 0.463 e. The highest BCUT2D eigenvalue weighted by Crippen LogP contribution is 2.60. The second-order valence-electron chi connectivity index (χ2n) is 6.31. The summed E-state index contributed by atoms with van der Waals surface area (Å²) in [5.41, 5.74) is 0.332. The Morgan fingerprint density at radius 3 is 3.00 bits per heavy atom. The van der Waals surface area contributed by atoms with Gasteiger partial charge in [-0.3, -0.25) is 4.79 Å². The van der Waals surface area contributed by atoms with E-state index in [-0.39, 0.29) is 18.4 Å². The van der Waals surface area contributed by atoms with Crippen LogP contribution in [-0.4, -0.2) is 41.8 Å². The maximum absolute atomic E-state index is 12.7. The molecule has 22 heavy (non-hydrogen) atoms. The molecule has 0 aromatic heterocycles. The van der Waals surface area contributed by atoms with Gasteiger partial charge in [-0.15, -0.1) is 0 Å². The summed E-state index contributed by atoms with van der Waals surface area (Å²) in [5, 5.41) is 0. The summed E-state index contributed by atoms with van der Waals surface area (Å²) in [6.07, 6.45) is 1.95. The number of nitrogens with zero attached hydrogens (tertiary/aromatic N) is 1. The maximum atomic E-state index is 12.7. The molecule has 5 nitrogen and oxygen atoms in total. The third-order valence-corrected chi connectivity index (χ3v) is 5.39. The molecular weight excluding hydrogens is 282 g/mol. The average Bonchev–Trinajstić information content (AvgIpc) is 3.00. The fraction of sp³-hybridized carbons (Fsp3) is 0.529. The van der Waals surface area contributed by atoms with Crippen LogP contribution in [0.4, 0.5) is 0 Å². The number of aryl methyl sites for hydroxylation is 1. The Bertz CT molecular complexity index is 672. The van der Waals surface area contributed by atoms with E-state index in [1.165, 1.54) is 11.1 Å². The van der Waals surface area contributed by atoms with Crippen LogP contribution in [0.5, 0.6) is 0 Å². The van der Waals surface area contributed by atoms with Crippen LogP contribution in [0.15, 0.2) is 24.3 Å². The predicted molar refractivity (Wildman–Crippen MR) is 78.1 cm³/mol. The van der Waals surface area contributed by atoms with Crippen molar-refractivity contribution in [1.29, 1.82) is 0 Å². The first-order valence-electron chi connectivity index (χ1n) is 7.78. The molecule has 2 fully saturated rings. The van der Waals surface area contributed by atoms with Crippen LogP contribution in [0.2, 0.25) is 0 Å². The highest BCUT2D eigenvalue weighted by atomic mass is 16.6. The molecule has 5 heteroatoms. The smallest absolute Gasteiger partial charge is 0.348 e. The molecule has 2 saturated heterocycles. The monoisotopic (exact) mass is 301 g/mol. The molecule has 2 aliphatic heterocycles. The molecule has 2 unspecified atom stereocenters. The van der Waals surface area contributed by atoms with Crippen molar-refractivity contribution in [2.24, 2.45) is 0 Å². The lowest BCUT2D eigenvalue weighted by Crippen LogP contribution is -2.55. The van der Waals surface area contributed by atoms with Crippen molar-refractivity contribution in [2.45, 2.75) is 43.4 Å². The summed E-state index contributed by atoms with van der Waals surface area (Å²) in [7, 11) is 1.74. The zero-order valence-electron chi connectivity index (χ0n) is 12.8. The number of hydrogen-bond acceptors (Lipinski definition) is 4. The molecule has 1 aromatic carbocycles. The number of carbonyl (C=O) groups is 2. The number of ether oxygens (including phenoxy) is 2. The van der Waals surface area contributed by atoms with Crippen LogP contribution in [0.1, 0.15) is 36.8 Å². The first-order chi connectivity index (χ1) is 10.5. The molecule has 1 amide bonds. The van der Waals surface area contributed by atoms with Crippen LogP contribution in [-0.2, 0) is 25.5 Å². The van der Waals surface area contributed by atoms with Crippen LogP contribution >= 0.6 is 0 Å². The molecule has 0 radical (unpaired) electrons. The highest BCUT2D eigenvalue weighted by molar-refractivity contribution is 6.09. The number of amides is 1. The summed E-state index contributed by atoms with van der Waals surface area (Å²) < 4.78 is 11.3. The summed E-state index contributed by atoms with van der Waals surface area (Å²) in [6.45, 7) is 1.99. The normalized spacial score (nSPS) is 35.3. The van der Waals surface area contributed by atoms with E-state index in [1.807, 2.05) is 12.1 Å². The van der Waals surface area contributed by atoms with E-state index in [9.17, 15) is 9.59 Å². The zero-order chi connectivity index (χ0) is 15.5. The van der Waals surface area contributed by atoms with Crippen LogP contribution in [0.25, 0.3) is 0 Å². The molecular formula is C17H19NO4. The number of likely N-dealkylation sites (N-methyl/N-ethyl adjacent to an activating group) is 1. The molecule has 1 aromatic rings. The third-order valence-electron chi connectivity index (χ3n) is 5.39. The molecule has 2 bridgehead atoms. The van der Waals surface area contributed by atoms with E-state index in [2.05, 4.69) is 12.1 Å². The number of carbonyl (C=O) groups excluding carboxylic acids is 2. The topological polar surface area (TPSA) is 55.8 Å². The fourth-order valence-electron chi connectivity index (χ4n) is 4.36. The standard InChI is InChI=1S/C17H19NO4/c1-3-21-15(20)16-10-13-12-7-5-4-6-11(12)8-9-17(13,22-16)18(2)14(16)19/h4-7,13H,3,8-10H2,1-2H3/t13?,16?,17-/m0/s1. The summed E-state index contributed by atoms with van der Waals surface area (Å²) in [4.78, 5) is 26.7. The van der Waals surface area contributed by atoms with Crippen molar-refractivity contribution >= 4 is 11.9 Å². The molecule has 2 heterocycles. The predicted octanol–water partition coefficient (Wildman–Crippen LogP) is 1.61. The molecule has 116 valence electrons. The highest BCUT2D eigenvalue weighted by Gasteiger charge is 2.74. The van der Waals surface area contributed by atoms with Crippen molar-refractivity contribution < 1.29 is 19.1 Å². The van der Waals surface area contributed by atoms with E-state index in [0.717, 1.165) is 12.8 Å². The van der Waals surface area contributed by atoms with E-state index < -0.39 is 17.3 Å². The number of hydrogen-bond donors (Lipinski definition) is 0. The number of benzene rings is 1. The van der Waals surface area contributed by atoms with Gasteiger partial charge in [-0.2, -0.15) is 0 Å². The number of piperidine rings is 1. The lowest BCUT2D eigenvalue weighted by molar-refractivity contribution is -0.172. The lowest BCUT2D eigenvalue weighted by Gasteiger charge is -2.43. The van der Waals surface area contributed by atoms with E-state index >= 15 is 0 Å². The van der Waals surface area contributed by atoms with Crippen molar-refractivity contribution in [3.8, 4) is 0 Å². The molecule has 0 saturated carbocycles. The minimum atomic E-state index is -1.45. The van der Waals surface area contributed by atoms with Gasteiger partial charge in [-0.05, 0) is 24.5 Å². The van der Waals surface area contributed by atoms with E-state index in [4.69, 9.17) is 9.47 Å². The van der Waals surface area contributed by atoms with Crippen LogP contribution in [0.3, 0.4) is 0 Å². The first-order valence-corrected chi connectivity index (χ1v) is 7.78. The maximum Gasteiger partial charge on any atom is 0.348 e. The van der Waals surface area contributed by atoms with Gasteiger partial charge in [0.25, 0.3) is 5.91 Å². The van der Waals surface area contributed by atoms with Gasteiger partial charge in [-0.25, -0.2) is 4.79 Å². The lowest BCUT2D eigenvalue weighted by atomic mass is 9.71. The molecule has 0 N–H and O–H groups in total. The van der Waals surface area contributed by atoms with Gasteiger partial charge in [-0.1, -0.05) is 24.3 Å². The van der Waals surface area contributed by atoms with Gasteiger partial charge < -0.3 is 14.4 Å². The van der Waals surface area contributed by atoms with Gasteiger partial charge in [0.2, 0.25) is 5.60 Å². The minimum Gasteiger partial charge on any atom is -0.463 e. The Morgan fingerprint density at radius 2 is 2.23 bits per heavy atom. The first kappa shape index (κ1) is 13.8. The third kappa shape index (κ3) is 1.42. The van der Waals surface area contributed by atoms with Crippen molar-refractivity contribution in [2.75, 3.05) is 13.7 Å². The number of rotatable bonds is 2. The Kier molecular flexibility index (Phi) is 2.70. The fourth-order valence-corrected chi connectivity index (χ4v) is 4.36. The Hall–Kier alpha value is -1.88. The van der Waals surface area contributed by atoms with Gasteiger partial charge in [0, 0.05) is 25.8 Å². The number of likely N-dealkylation sites (tertiary alicyclic amines) is 1. The van der Waals surface area contributed by atoms with Gasteiger partial charge >= 0.3 is 5.97 Å². The molecule has 3 atom stereocenters. The van der Waals surface area contributed by atoms with Crippen LogP contribution < -0.4 is 0 Å². The number of fused-ring (bicyclic) bond motifs is 3. The van der Waals surface area contributed by atoms with Crippen molar-refractivity contribution in [3.63, 3.8) is 0 Å². The zero-order valence-corrected chi connectivity index (χ0v) is 12.8. The Labute approximate surface area is 129 Å². The average molecular weight is 301 g/mol. The van der Waals surface area contributed by atoms with E-state index in [1.54, 1.807) is 18.9 Å². The van der Waals surface area contributed by atoms with Crippen molar-refractivity contribution in [1.82, 2.24) is 4.90 Å². The Balaban J connectivity index is 1.82. The number of esters is 1. The molecule has 3 aliphatic rings. The Morgan fingerprint density at radius 1 is 1.45 bits per heavy atom. The molecule has 4 rings (SSSR count). The minimum absolute atomic E-state index is 0.0320. The van der Waals surface area contributed by atoms with Crippen molar-refractivity contribution in [3.05, 3.63) is 35.4 Å². The van der Waals surface area contributed by atoms with Gasteiger partial charge in [0.1, 0.15) is 0 Å². The van der Waals surface area contributed by atoms with E-state index in [0.29, 0.717) is 6.42 Å². The van der Waals surface area contributed by atoms with Gasteiger partial charge in [0.15, 0.2) is 5.72 Å². The molecule has 1 spiro atoms. The van der Waals surface area contributed by atoms with Crippen LogP contribution in [0, 0.1) is 0 Å². The summed E-state index contributed by atoms with van der Waals surface area (Å²) in [5.74, 6) is -0.776.